The molecule has 0 saturated carbocycles. The van der Waals surface area contributed by atoms with Gasteiger partial charge in [0.25, 0.3) is 0 Å². The van der Waals surface area contributed by atoms with Gasteiger partial charge in [-0.2, -0.15) is 0 Å². The number of carbonyl (C=O) groups excluding carboxylic acids is 1. The second-order valence-corrected chi connectivity index (χ2v) is 3.33. The largest absolute Gasteiger partial charge is 0.496 e. The summed E-state index contributed by atoms with van der Waals surface area (Å²) in [6.07, 6.45) is 0. The van der Waals surface area contributed by atoms with Crippen molar-refractivity contribution in [2.75, 3.05) is 14.2 Å². The Balaban J connectivity index is 3.35. The average molecular weight is 277 g/mol. The normalized spacial score (nSPS) is 9.87. The van der Waals surface area contributed by atoms with Crippen molar-refractivity contribution in [3.05, 3.63) is 29.1 Å². The molecule has 0 heterocycles. The quantitative estimate of drug-likeness (QED) is 0.629. The molecule has 0 bridgehead atoms. The Kier molecular flexibility index (Phi) is 4.08. The van der Waals surface area contributed by atoms with Crippen LogP contribution in [-0.2, 0) is 10.1 Å². The summed E-state index contributed by atoms with van der Waals surface area (Å²) < 4.78 is 22.7. The first kappa shape index (κ1) is 12.0. The Morgan fingerprint density at radius 2 is 2.13 bits per heavy atom. The zero-order chi connectivity index (χ0) is 11.4. The van der Waals surface area contributed by atoms with Crippen LogP contribution in [0.2, 0.25) is 0 Å². The highest BCUT2D eigenvalue weighted by atomic mass is 79.9. The Labute approximate surface area is 95.3 Å². The maximum atomic E-state index is 13.1. The Bertz CT molecular complexity index is 379. The summed E-state index contributed by atoms with van der Waals surface area (Å²) in [6.45, 7) is 0. The van der Waals surface area contributed by atoms with Gasteiger partial charge in [0, 0.05) is 10.9 Å². The van der Waals surface area contributed by atoms with Crippen LogP contribution in [0.3, 0.4) is 0 Å². The van der Waals surface area contributed by atoms with E-state index < -0.39 is 11.8 Å². The summed E-state index contributed by atoms with van der Waals surface area (Å²) in [6, 6.07) is 2.40. The first-order valence-corrected chi connectivity index (χ1v) is 5.26. The van der Waals surface area contributed by atoms with E-state index >= 15 is 0 Å². The van der Waals surface area contributed by atoms with Crippen LogP contribution >= 0.6 is 15.9 Å². The molecule has 0 spiro atoms. The molecule has 0 aliphatic carbocycles. The molecular weight excluding hydrogens is 267 g/mol. The minimum Gasteiger partial charge on any atom is -0.496 e. The van der Waals surface area contributed by atoms with Crippen molar-refractivity contribution < 1.29 is 18.7 Å². The van der Waals surface area contributed by atoms with Crippen molar-refractivity contribution in [1.29, 1.82) is 0 Å². The molecule has 1 aromatic rings. The van der Waals surface area contributed by atoms with Crippen LogP contribution in [0.4, 0.5) is 4.39 Å². The monoisotopic (exact) mass is 276 g/mol. The highest BCUT2D eigenvalue weighted by Gasteiger charge is 2.17. The number of ether oxygens (including phenoxy) is 2. The standard InChI is InChI=1S/C10H10BrFO3/c1-14-9-6(5-11)3-7(12)4-8(9)10(13)15-2/h3-4H,5H2,1-2H3. The Hall–Kier alpha value is -1.10. The lowest BCUT2D eigenvalue weighted by atomic mass is 10.1. The smallest absolute Gasteiger partial charge is 0.341 e. The lowest BCUT2D eigenvalue weighted by Gasteiger charge is -2.10. The summed E-state index contributed by atoms with van der Waals surface area (Å²) in [5.41, 5.74) is 0.660. The van der Waals surface area contributed by atoms with Gasteiger partial charge in [-0.25, -0.2) is 9.18 Å². The molecule has 0 amide bonds. The third kappa shape index (κ3) is 2.47. The second kappa shape index (κ2) is 5.11. The van der Waals surface area contributed by atoms with Crippen molar-refractivity contribution in [1.82, 2.24) is 0 Å². The van der Waals surface area contributed by atoms with Gasteiger partial charge in [0.15, 0.2) is 0 Å². The van der Waals surface area contributed by atoms with E-state index in [9.17, 15) is 9.18 Å². The van der Waals surface area contributed by atoms with Gasteiger partial charge in [-0.05, 0) is 12.1 Å². The van der Waals surface area contributed by atoms with Crippen LogP contribution < -0.4 is 4.74 Å². The maximum Gasteiger partial charge on any atom is 0.341 e. The summed E-state index contributed by atoms with van der Waals surface area (Å²) in [4.78, 5) is 11.3. The zero-order valence-corrected chi connectivity index (χ0v) is 9.93. The van der Waals surface area contributed by atoms with Crippen molar-refractivity contribution in [2.45, 2.75) is 5.33 Å². The molecule has 0 aromatic heterocycles. The first-order chi connectivity index (χ1) is 7.13. The second-order valence-electron chi connectivity index (χ2n) is 2.77. The van der Waals surface area contributed by atoms with Crippen molar-refractivity contribution in [3.8, 4) is 5.75 Å². The van der Waals surface area contributed by atoms with E-state index in [1.807, 2.05) is 0 Å². The minimum absolute atomic E-state index is 0.0921. The average Bonchev–Trinajstić information content (AvgIpc) is 2.26. The highest BCUT2D eigenvalue weighted by Crippen LogP contribution is 2.27. The predicted molar refractivity (Wildman–Crippen MR) is 56.9 cm³/mol. The summed E-state index contributed by atoms with van der Waals surface area (Å²) in [5.74, 6) is -0.778. The van der Waals surface area contributed by atoms with E-state index in [4.69, 9.17) is 4.74 Å². The van der Waals surface area contributed by atoms with Gasteiger partial charge in [0.2, 0.25) is 0 Å². The number of methoxy groups -OCH3 is 2. The molecular formula is C10H10BrFO3. The summed E-state index contributed by atoms with van der Waals surface area (Å²) in [5, 5.41) is 0.401. The predicted octanol–water partition coefficient (Wildman–Crippen LogP) is 2.52. The fourth-order valence-electron chi connectivity index (χ4n) is 1.25. The van der Waals surface area contributed by atoms with Crippen LogP contribution in [0, 0.1) is 5.82 Å². The summed E-state index contributed by atoms with van der Waals surface area (Å²) in [7, 11) is 2.66. The topological polar surface area (TPSA) is 35.5 Å². The molecule has 0 fully saturated rings. The first-order valence-electron chi connectivity index (χ1n) is 4.14. The Morgan fingerprint density at radius 1 is 1.47 bits per heavy atom. The van der Waals surface area contributed by atoms with Crippen LogP contribution in [0.1, 0.15) is 15.9 Å². The van der Waals surface area contributed by atoms with Gasteiger partial charge in [-0.3, -0.25) is 0 Å². The maximum absolute atomic E-state index is 13.1. The van der Waals surface area contributed by atoms with Gasteiger partial charge >= 0.3 is 5.97 Å². The molecule has 0 unspecified atom stereocenters. The minimum atomic E-state index is -0.617. The molecule has 0 aliphatic heterocycles. The Morgan fingerprint density at radius 3 is 2.60 bits per heavy atom. The van der Waals surface area contributed by atoms with Crippen LogP contribution in [0.25, 0.3) is 0 Å². The van der Waals surface area contributed by atoms with E-state index in [2.05, 4.69) is 20.7 Å². The van der Waals surface area contributed by atoms with E-state index in [-0.39, 0.29) is 5.56 Å². The van der Waals surface area contributed by atoms with E-state index in [1.54, 1.807) is 0 Å². The molecule has 0 N–H and O–H groups in total. The number of benzene rings is 1. The molecule has 5 heteroatoms. The third-order valence-corrected chi connectivity index (χ3v) is 2.49. The number of alkyl halides is 1. The molecule has 0 saturated heterocycles. The van der Waals surface area contributed by atoms with E-state index in [0.717, 1.165) is 6.07 Å². The van der Waals surface area contributed by atoms with Gasteiger partial charge in [0.1, 0.15) is 17.1 Å². The zero-order valence-electron chi connectivity index (χ0n) is 8.34. The molecule has 0 aliphatic rings. The third-order valence-electron chi connectivity index (χ3n) is 1.88. The highest BCUT2D eigenvalue weighted by molar-refractivity contribution is 9.08. The van der Waals surface area contributed by atoms with Crippen LogP contribution in [-0.4, -0.2) is 20.2 Å². The molecule has 0 atom stereocenters. The number of hydrogen-bond donors (Lipinski definition) is 0. The number of carbonyl (C=O) groups is 1. The van der Waals surface area contributed by atoms with Crippen molar-refractivity contribution in [2.24, 2.45) is 0 Å². The molecule has 0 radical (unpaired) electrons. The number of halogens is 2. The molecule has 1 aromatic carbocycles. The molecule has 1 rings (SSSR count). The number of rotatable bonds is 3. The van der Waals surface area contributed by atoms with Crippen molar-refractivity contribution >= 4 is 21.9 Å². The van der Waals surface area contributed by atoms with Gasteiger partial charge in [-0.1, -0.05) is 15.9 Å². The van der Waals surface area contributed by atoms with E-state index in [0.29, 0.717) is 16.6 Å². The van der Waals surface area contributed by atoms with Crippen molar-refractivity contribution in [3.63, 3.8) is 0 Å². The van der Waals surface area contributed by atoms with Crippen LogP contribution in [0.15, 0.2) is 12.1 Å². The fraction of sp³-hybridized carbons (Fsp3) is 0.300. The fourth-order valence-corrected chi connectivity index (χ4v) is 1.67. The molecule has 15 heavy (non-hydrogen) atoms. The lowest BCUT2D eigenvalue weighted by Crippen LogP contribution is -2.06. The number of hydrogen-bond acceptors (Lipinski definition) is 3. The van der Waals surface area contributed by atoms with E-state index in [1.165, 1.54) is 20.3 Å². The molecule has 82 valence electrons. The number of esters is 1. The van der Waals surface area contributed by atoms with Crippen LogP contribution in [0.5, 0.6) is 5.75 Å². The lowest BCUT2D eigenvalue weighted by molar-refractivity contribution is 0.0596. The van der Waals surface area contributed by atoms with Gasteiger partial charge in [0.05, 0.1) is 14.2 Å². The SMILES string of the molecule is COC(=O)c1cc(F)cc(CBr)c1OC. The van der Waals surface area contributed by atoms with Gasteiger partial charge in [-0.15, -0.1) is 0 Å². The molecule has 3 nitrogen and oxygen atoms in total. The van der Waals surface area contributed by atoms with Gasteiger partial charge < -0.3 is 9.47 Å². The summed E-state index contributed by atoms with van der Waals surface area (Å²) >= 11 is 3.19.